The van der Waals surface area contributed by atoms with Crippen molar-refractivity contribution in [3.63, 3.8) is 0 Å². The second-order valence-corrected chi connectivity index (χ2v) is 10.2. The molecule has 164 valence electrons. The molecule has 0 amide bonds. The summed E-state index contributed by atoms with van der Waals surface area (Å²) in [4.78, 5) is 12.9. The number of hydrogen-bond donors (Lipinski definition) is 3. The summed E-state index contributed by atoms with van der Waals surface area (Å²) in [5.74, 6) is 1.51. The zero-order valence-electron chi connectivity index (χ0n) is 18.5. The molecule has 6 heteroatoms. The third-order valence-corrected chi connectivity index (χ3v) is 7.67. The highest BCUT2D eigenvalue weighted by Crippen LogP contribution is 2.71. The molecule has 5 nitrogen and oxygen atoms in total. The van der Waals surface area contributed by atoms with Gasteiger partial charge >= 0.3 is 5.97 Å². The Bertz CT molecular complexity index is 924. The molecule has 1 fully saturated rings. The van der Waals surface area contributed by atoms with Gasteiger partial charge in [-0.25, -0.2) is 4.79 Å². The fraction of sp³-hybridized carbons (Fsp3) is 0.542. The van der Waals surface area contributed by atoms with Gasteiger partial charge in [0, 0.05) is 24.4 Å². The quantitative estimate of drug-likeness (QED) is 0.583. The normalized spacial score (nSPS) is 20.1. The first-order valence-electron chi connectivity index (χ1n) is 10.5. The molecule has 2 aromatic rings. The van der Waals surface area contributed by atoms with Crippen LogP contribution < -0.4 is 10.5 Å². The molecule has 1 aromatic carbocycles. The number of hydrogen-bond acceptors (Lipinski definition) is 5. The van der Waals surface area contributed by atoms with E-state index < -0.39 is 5.97 Å². The van der Waals surface area contributed by atoms with Gasteiger partial charge in [0.05, 0.1) is 6.61 Å². The zero-order chi connectivity index (χ0) is 22.2. The minimum atomic E-state index is -0.747. The predicted molar refractivity (Wildman–Crippen MR) is 121 cm³/mol. The van der Waals surface area contributed by atoms with Crippen LogP contribution in [0.4, 0.5) is 0 Å². The van der Waals surface area contributed by atoms with Gasteiger partial charge < -0.3 is 20.7 Å². The van der Waals surface area contributed by atoms with Crippen molar-refractivity contribution in [3.05, 3.63) is 49.7 Å². The maximum atomic E-state index is 11.1. The fourth-order valence-corrected chi connectivity index (χ4v) is 6.00. The molecule has 0 bridgehead atoms. The van der Waals surface area contributed by atoms with Gasteiger partial charge in [-0.15, -0.1) is 11.3 Å². The van der Waals surface area contributed by atoms with E-state index >= 15 is 0 Å². The van der Waals surface area contributed by atoms with Crippen molar-refractivity contribution < 1.29 is 19.7 Å². The number of aromatic carboxylic acids is 1. The summed E-state index contributed by atoms with van der Waals surface area (Å²) in [7, 11) is 0. The van der Waals surface area contributed by atoms with Crippen molar-refractivity contribution in [2.45, 2.75) is 59.9 Å². The topological polar surface area (TPSA) is 92.8 Å². The first-order valence-corrected chi connectivity index (χ1v) is 11.3. The molecular formula is C24H33NO4S. The molecule has 0 radical (unpaired) electrons. The molecule has 2 aliphatic rings. The van der Waals surface area contributed by atoms with E-state index in [1.165, 1.54) is 21.8 Å². The monoisotopic (exact) mass is 431 g/mol. The number of aryl methyl sites for hydroxylation is 3. The van der Waals surface area contributed by atoms with E-state index in [0.717, 1.165) is 34.4 Å². The van der Waals surface area contributed by atoms with Crippen LogP contribution in [0.15, 0.2) is 12.1 Å². The zero-order valence-corrected chi connectivity index (χ0v) is 19.4. The highest BCUT2D eigenvalue weighted by atomic mass is 32.1. The SMILES string of the molecule is Cc1cc(CN)cc(C)c1OCCCO.Cc1sc(C(=O)O)c2c1[C@H]1[C@@H](C2)C1(C)C. The van der Waals surface area contributed by atoms with Crippen LogP contribution in [0.1, 0.15) is 68.6 Å². The van der Waals surface area contributed by atoms with Crippen molar-refractivity contribution in [1.29, 1.82) is 0 Å². The number of fused-ring (bicyclic) bond motifs is 3. The minimum Gasteiger partial charge on any atom is -0.493 e. The largest absolute Gasteiger partial charge is 0.493 e. The lowest BCUT2D eigenvalue weighted by Crippen LogP contribution is -2.04. The van der Waals surface area contributed by atoms with E-state index in [4.69, 9.17) is 20.7 Å². The highest BCUT2D eigenvalue weighted by molar-refractivity contribution is 7.14. The number of aliphatic hydroxyl groups excluding tert-OH is 1. The molecular weight excluding hydrogens is 398 g/mol. The number of carboxylic acid groups (broad SMARTS) is 1. The van der Waals surface area contributed by atoms with E-state index in [1.54, 1.807) is 0 Å². The Morgan fingerprint density at radius 3 is 2.43 bits per heavy atom. The first-order chi connectivity index (χ1) is 14.1. The van der Waals surface area contributed by atoms with E-state index in [0.29, 0.717) is 41.7 Å². The average Bonchev–Trinajstić information content (AvgIpc) is 3.02. The standard InChI is InChI=1S/C12H19NO2.C12H14O2S/c1-9-6-11(8-13)7-10(2)12(9)15-5-3-4-14;1-5-8-6(10(15-5)11(13)14)4-7-9(8)12(7,2)3/h6-7,14H,3-5,8,13H2,1-2H3;7,9H,4H2,1-3H3,(H,13,14)/t;7-,9-/m.1/s1. The van der Waals surface area contributed by atoms with Crippen molar-refractivity contribution >= 4 is 17.3 Å². The molecule has 30 heavy (non-hydrogen) atoms. The van der Waals surface area contributed by atoms with Crippen LogP contribution in [0.2, 0.25) is 0 Å². The lowest BCUT2D eigenvalue weighted by molar-refractivity contribution is 0.0701. The van der Waals surface area contributed by atoms with Crippen LogP contribution in [0, 0.1) is 32.1 Å². The van der Waals surface area contributed by atoms with Gasteiger partial charge in [0.2, 0.25) is 0 Å². The smallest absolute Gasteiger partial charge is 0.346 e. The van der Waals surface area contributed by atoms with Gasteiger partial charge in [-0.3, -0.25) is 0 Å². The molecule has 0 aliphatic heterocycles. The van der Waals surface area contributed by atoms with Crippen LogP contribution in [-0.4, -0.2) is 29.4 Å². The number of aliphatic hydroxyl groups is 1. The van der Waals surface area contributed by atoms with Crippen LogP contribution in [0.5, 0.6) is 5.75 Å². The maximum Gasteiger partial charge on any atom is 0.346 e. The van der Waals surface area contributed by atoms with Crippen LogP contribution >= 0.6 is 11.3 Å². The summed E-state index contributed by atoms with van der Waals surface area (Å²) in [6, 6.07) is 4.09. The summed E-state index contributed by atoms with van der Waals surface area (Å²) in [6.45, 7) is 12.0. The molecule has 0 unspecified atom stereocenters. The van der Waals surface area contributed by atoms with Gasteiger partial charge in [-0.05, 0) is 72.3 Å². The lowest BCUT2D eigenvalue weighted by atomic mass is 9.95. The molecule has 0 spiro atoms. The Morgan fingerprint density at radius 1 is 1.27 bits per heavy atom. The number of nitrogens with two attached hydrogens (primary N) is 1. The number of ether oxygens (including phenoxy) is 1. The Morgan fingerprint density at radius 2 is 1.90 bits per heavy atom. The van der Waals surface area contributed by atoms with Crippen LogP contribution in [0.3, 0.4) is 0 Å². The molecule has 1 aromatic heterocycles. The van der Waals surface area contributed by atoms with Gasteiger partial charge in [-0.2, -0.15) is 0 Å². The Labute approximate surface area is 182 Å². The Kier molecular flexibility index (Phi) is 6.60. The lowest BCUT2D eigenvalue weighted by Gasteiger charge is -2.13. The number of benzene rings is 1. The second-order valence-electron chi connectivity index (χ2n) is 8.98. The summed E-state index contributed by atoms with van der Waals surface area (Å²) >= 11 is 1.46. The summed E-state index contributed by atoms with van der Waals surface area (Å²) in [6.07, 6.45) is 1.65. The van der Waals surface area contributed by atoms with Crippen molar-refractivity contribution in [1.82, 2.24) is 0 Å². The fourth-order valence-electron chi connectivity index (χ4n) is 4.93. The predicted octanol–water partition coefficient (Wildman–Crippen LogP) is 4.57. The molecule has 1 heterocycles. The van der Waals surface area contributed by atoms with Crippen LogP contribution in [0.25, 0.3) is 0 Å². The number of carbonyl (C=O) groups is 1. The molecule has 0 saturated heterocycles. The van der Waals surface area contributed by atoms with Crippen LogP contribution in [-0.2, 0) is 13.0 Å². The second kappa shape index (κ2) is 8.69. The molecule has 4 N–H and O–H groups in total. The van der Waals surface area contributed by atoms with Crippen molar-refractivity contribution in [2.75, 3.05) is 13.2 Å². The van der Waals surface area contributed by atoms with Gasteiger partial charge in [0.25, 0.3) is 0 Å². The number of rotatable bonds is 6. The number of carboxylic acids is 1. The van der Waals surface area contributed by atoms with Crippen molar-refractivity contribution in [2.24, 2.45) is 17.1 Å². The Balaban J connectivity index is 0.000000171. The molecule has 2 aliphatic carbocycles. The van der Waals surface area contributed by atoms with E-state index in [9.17, 15) is 4.79 Å². The molecule has 4 rings (SSSR count). The maximum absolute atomic E-state index is 11.1. The van der Waals surface area contributed by atoms with Gasteiger partial charge in [0.1, 0.15) is 10.6 Å². The third kappa shape index (κ3) is 4.13. The summed E-state index contributed by atoms with van der Waals surface area (Å²) in [5, 5.41) is 17.8. The first kappa shape index (κ1) is 22.8. The van der Waals surface area contributed by atoms with Crippen molar-refractivity contribution in [3.8, 4) is 5.75 Å². The number of thiophene rings is 1. The Hall–Kier alpha value is -1.89. The van der Waals surface area contributed by atoms with Gasteiger partial charge in [-0.1, -0.05) is 26.0 Å². The highest BCUT2D eigenvalue weighted by Gasteiger charge is 2.63. The molecule has 2 atom stereocenters. The van der Waals surface area contributed by atoms with Gasteiger partial charge in [0.15, 0.2) is 0 Å². The van der Waals surface area contributed by atoms with E-state index in [-0.39, 0.29) is 6.61 Å². The summed E-state index contributed by atoms with van der Waals surface area (Å²) in [5.41, 5.74) is 11.8. The van der Waals surface area contributed by atoms with E-state index in [2.05, 4.69) is 20.8 Å². The average molecular weight is 432 g/mol. The summed E-state index contributed by atoms with van der Waals surface area (Å²) < 4.78 is 5.61. The molecule has 1 saturated carbocycles. The third-order valence-electron chi connectivity index (χ3n) is 6.52. The minimum absolute atomic E-state index is 0.166. The van der Waals surface area contributed by atoms with E-state index in [1.807, 2.05) is 26.0 Å².